The van der Waals surface area contributed by atoms with Crippen LogP contribution >= 0.6 is 0 Å². The van der Waals surface area contributed by atoms with Gasteiger partial charge in [0.1, 0.15) is 5.82 Å². The molecule has 2 amide bonds. The van der Waals surface area contributed by atoms with Gasteiger partial charge in [0.15, 0.2) is 6.10 Å². The highest BCUT2D eigenvalue weighted by Crippen LogP contribution is 2.28. The molecule has 0 aromatic heterocycles. The van der Waals surface area contributed by atoms with Gasteiger partial charge in [-0.3, -0.25) is 4.90 Å². The van der Waals surface area contributed by atoms with Gasteiger partial charge in [0.05, 0.1) is 5.69 Å². The second-order valence-electron chi connectivity index (χ2n) is 4.55. The SMILES string of the molecule is O=C(O)C(O)CCNC(=O)N1CCc2ccc(F)cc21. The number of anilines is 1. The molecule has 6 nitrogen and oxygen atoms in total. The molecule has 20 heavy (non-hydrogen) atoms. The molecule has 0 saturated carbocycles. The Morgan fingerprint density at radius 2 is 2.20 bits per heavy atom. The van der Waals surface area contributed by atoms with Gasteiger partial charge in [-0.1, -0.05) is 6.07 Å². The number of hydrogen-bond donors (Lipinski definition) is 3. The summed E-state index contributed by atoms with van der Waals surface area (Å²) >= 11 is 0. The van der Waals surface area contributed by atoms with Crippen LogP contribution in [0.1, 0.15) is 12.0 Å². The summed E-state index contributed by atoms with van der Waals surface area (Å²) in [5, 5.41) is 20.1. The number of urea groups is 1. The van der Waals surface area contributed by atoms with E-state index >= 15 is 0 Å². The number of halogens is 1. The summed E-state index contributed by atoms with van der Waals surface area (Å²) in [4.78, 5) is 23.8. The lowest BCUT2D eigenvalue weighted by Gasteiger charge is -2.18. The molecule has 0 radical (unpaired) electrons. The molecular formula is C13H15FN2O4. The number of aliphatic hydroxyl groups is 1. The van der Waals surface area contributed by atoms with E-state index in [1.165, 1.54) is 17.0 Å². The Labute approximate surface area is 114 Å². The van der Waals surface area contributed by atoms with Crippen molar-refractivity contribution in [1.82, 2.24) is 5.32 Å². The molecule has 1 atom stereocenters. The van der Waals surface area contributed by atoms with Gasteiger partial charge in [-0.25, -0.2) is 14.0 Å². The highest BCUT2D eigenvalue weighted by Gasteiger charge is 2.25. The molecule has 1 unspecified atom stereocenters. The minimum absolute atomic E-state index is 0.0352. The number of aliphatic hydroxyl groups excluding tert-OH is 1. The summed E-state index contributed by atoms with van der Waals surface area (Å²) in [6, 6.07) is 3.87. The van der Waals surface area contributed by atoms with Gasteiger partial charge in [-0.05, 0) is 24.1 Å². The highest BCUT2D eigenvalue weighted by molar-refractivity contribution is 5.94. The summed E-state index contributed by atoms with van der Waals surface area (Å²) in [6.45, 7) is 0.486. The first-order chi connectivity index (χ1) is 9.49. The molecule has 1 aromatic carbocycles. The van der Waals surface area contributed by atoms with Crippen molar-refractivity contribution in [2.75, 3.05) is 18.0 Å². The molecule has 1 aliphatic heterocycles. The maximum atomic E-state index is 13.2. The maximum absolute atomic E-state index is 13.2. The fourth-order valence-corrected chi connectivity index (χ4v) is 2.10. The van der Waals surface area contributed by atoms with E-state index in [0.717, 1.165) is 5.56 Å². The highest BCUT2D eigenvalue weighted by atomic mass is 19.1. The van der Waals surface area contributed by atoms with Gasteiger partial charge in [-0.15, -0.1) is 0 Å². The fourth-order valence-electron chi connectivity index (χ4n) is 2.10. The third-order valence-corrected chi connectivity index (χ3v) is 3.17. The Morgan fingerprint density at radius 1 is 1.45 bits per heavy atom. The van der Waals surface area contributed by atoms with Gasteiger partial charge in [-0.2, -0.15) is 0 Å². The van der Waals surface area contributed by atoms with Gasteiger partial charge < -0.3 is 15.5 Å². The molecule has 0 saturated heterocycles. The normalized spacial score (nSPS) is 14.8. The number of carboxylic acid groups (broad SMARTS) is 1. The number of nitrogens with zero attached hydrogens (tertiary/aromatic N) is 1. The van der Waals surface area contributed by atoms with E-state index in [-0.39, 0.29) is 13.0 Å². The molecule has 108 valence electrons. The number of rotatable bonds is 4. The van der Waals surface area contributed by atoms with Gasteiger partial charge in [0, 0.05) is 19.5 Å². The third kappa shape index (κ3) is 3.05. The number of fused-ring (bicyclic) bond motifs is 1. The van der Waals surface area contributed by atoms with Crippen LogP contribution in [-0.2, 0) is 11.2 Å². The average molecular weight is 282 g/mol. The second-order valence-corrected chi connectivity index (χ2v) is 4.55. The summed E-state index contributed by atoms with van der Waals surface area (Å²) in [5.41, 5.74) is 1.42. The third-order valence-electron chi connectivity index (χ3n) is 3.17. The zero-order valence-corrected chi connectivity index (χ0v) is 10.7. The summed E-state index contributed by atoms with van der Waals surface area (Å²) in [5.74, 6) is -1.74. The molecule has 1 heterocycles. The maximum Gasteiger partial charge on any atom is 0.332 e. The van der Waals surface area contributed by atoms with Crippen molar-refractivity contribution < 1.29 is 24.2 Å². The van der Waals surface area contributed by atoms with Crippen molar-refractivity contribution in [2.24, 2.45) is 0 Å². The van der Waals surface area contributed by atoms with Crippen molar-refractivity contribution in [3.8, 4) is 0 Å². The molecule has 0 aliphatic carbocycles. The van der Waals surface area contributed by atoms with Crippen LogP contribution in [0.15, 0.2) is 18.2 Å². The number of carbonyl (C=O) groups is 2. The average Bonchev–Trinajstić information content (AvgIpc) is 2.81. The van der Waals surface area contributed by atoms with Crippen LogP contribution < -0.4 is 10.2 Å². The van der Waals surface area contributed by atoms with Gasteiger partial charge in [0.2, 0.25) is 0 Å². The number of nitrogens with one attached hydrogen (secondary N) is 1. The molecule has 0 spiro atoms. The predicted octanol–water partition coefficient (Wildman–Crippen LogP) is 0.733. The number of carboxylic acids is 1. The lowest BCUT2D eigenvalue weighted by atomic mass is 10.2. The van der Waals surface area contributed by atoms with Crippen LogP contribution in [0, 0.1) is 5.82 Å². The van der Waals surface area contributed by atoms with E-state index in [2.05, 4.69) is 5.32 Å². The van der Waals surface area contributed by atoms with Crippen LogP contribution in [0.5, 0.6) is 0 Å². The van der Waals surface area contributed by atoms with E-state index < -0.39 is 23.9 Å². The smallest absolute Gasteiger partial charge is 0.332 e. The summed E-state index contributed by atoms with van der Waals surface area (Å²) in [7, 11) is 0. The van der Waals surface area contributed by atoms with Crippen LogP contribution in [0.3, 0.4) is 0 Å². The van der Waals surface area contributed by atoms with E-state index in [4.69, 9.17) is 10.2 Å². The lowest BCUT2D eigenvalue weighted by molar-refractivity contribution is -0.146. The Balaban J connectivity index is 1.92. The number of benzene rings is 1. The lowest BCUT2D eigenvalue weighted by Crippen LogP contribution is -2.40. The quantitative estimate of drug-likeness (QED) is 0.759. The topological polar surface area (TPSA) is 89.9 Å². The largest absolute Gasteiger partial charge is 0.479 e. The van der Waals surface area contributed by atoms with Crippen molar-refractivity contribution in [3.05, 3.63) is 29.6 Å². The predicted molar refractivity (Wildman–Crippen MR) is 69.1 cm³/mol. The molecule has 0 bridgehead atoms. The molecule has 0 fully saturated rings. The molecular weight excluding hydrogens is 267 g/mol. The van der Waals surface area contributed by atoms with Crippen molar-refractivity contribution in [2.45, 2.75) is 18.9 Å². The molecule has 3 N–H and O–H groups in total. The van der Waals surface area contributed by atoms with Gasteiger partial charge >= 0.3 is 12.0 Å². The minimum Gasteiger partial charge on any atom is -0.479 e. The second kappa shape index (κ2) is 5.87. The molecule has 2 rings (SSSR count). The minimum atomic E-state index is -1.50. The first-order valence-electron chi connectivity index (χ1n) is 6.23. The Bertz CT molecular complexity index is 535. The summed E-state index contributed by atoms with van der Waals surface area (Å²) < 4.78 is 13.2. The monoisotopic (exact) mass is 282 g/mol. The van der Waals surface area contributed by atoms with E-state index in [0.29, 0.717) is 18.7 Å². The van der Waals surface area contributed by atoms with Crippen molar-refractivity contribution in [3.63, 3.8) is 0 Å². The molecule has 1 aliphatic rings. The van der Waals surface area contributed by atoms with Crippen LogP contribution in [0.4, 0.5) is 14.9 Å². The first-order valence-corrected chi connectivity index (χ1v) is 6.23. The Hall–Kier alpha value is -2.15. The van der Waals surface area contributed by atoms with E-state index in [1.807, 2.05) is 0 Å². The number of hydrogen-bond acceptors (Lipinski definition) is 3. The first kappa shape index (κ1) is 14.3. The van der Waals surface area contributed by atoms with Crippen LogP contribution in [0.25, 0.3) is 0 Å². The van der Waals surface area contributed by atoms with E-state index in [9.17, 15) is 14.0 Å². The summed E-state index contributed by atoms with van der Waals surface area (Å²) in [6.07, 6.45) is -0.926. The van der Waals surface area contributed by atoms with Crippen LogP contribution in [-0.4, -0.2) is 41.4 Å². The van der Waals surface area contributed by atoms with Crippen molar-refractivity contribution in [1.29, 1.82) is 0 Å². The van der Waals surface area contributed by atoms with Crippen LogP contribution in [0.2, 0.25) is 0 Å². The Kier molecular flexibility index (Phi) is 4.19. The van der Waals surface area contributed by atoms with Crippen molar-refractivity contribution >= 4 is 17.7 Å². The molecule has 7 heteroatoms. The number of amides is 2. The number of aliphatic carboxylic acids is 1. The zero-order chi connectivity index (χ0) is 14.7. The fraction of sp³-hybridized carbons (Fsp3) is 0.385. The van der Waals surface area contributed by atoms with E-state index in [1.54, 1.807) is 6.07 Å². The number of carbonyl (C=O) groups excluding carboxylic acids is 1. The standard InChI is InChI=1S/C13H15FN2O4/c14-9-2-1-8-4-6-16(10(8)7-9)13(20)15-5-3-11(17)12(18)19/h1-2,7,11,17H,3-6H2,(H,15,20)(H,18,19). The molecule has 1 aromatic rings. The van der Waals surface area contributed by atoms with Gasteiger partial charge in [0.25, 0.3) is 0 Å². The zero-order valence-electron chi connectivity index (χ0n) is 10.7. The Morgan fingerprint density at radius 3 is 2.90 bits per heavy atom.